The maximum atomic E-state index is 12.6. The molecule has 0 bridgehead atoms. The molecule has 2 N–H and O–H groups in total. The Labute approximate surface area is 170 Å². The topological polar surface area (TPSA) is 81.1 Å². The van der Waals surface area contributed by atoms with Gasteiger partial charge < -0.3 is 15.5 Å². The Kier molecular flexibility index (Phi) is 6.43. The fourth-order valence-electron chi connectivity index (χ4n) is 3.03. The van der Waals surface area contributed by atoms with Gasteiger partial charge in [-0.05, 0) is 56.3 Å². The molecule has 6 nitrogen and oxygen atoms in total. The van der Waals surface area contributed by atoms with Crippen LogP contribution in [0, 0.1) is 11.3 Å². The third-order valence-electron chi connectivity index (χ3n) is 4.58. The van der Waals surface area contributed by atoms with Gasteiger partial charge in [-0.15, -0.1) is 0 Å². The van der Waals surface area contributed by atoms with Gasteiger partial charge in [-0.25, -0.2) is 0 Å². The van der Waals surface area contributed by atoms with E-state index in [-0.39, 0.29) is 5.91 Å². The van der Waals surface area contributed by atoms with Crippen LogP contribution in [0.15, 0.2) is 67.0 Å². The molecule has 6 heteroatoms. The Hall–Kier alpha value is -3.85. The molecule has 0 aliphatic rings. The molecule has 0 aliphatic carbocycles. The molecule has 29 heavy (non-hydrogen) atoms. The van der Waals surface area contributed by atoms with Crippen LogP contribution >= 0.6 is 0 Å². The predicted octanol–water partition coefficient (Wildman–Crippen LogP) is 4.80. The lowest BCUT2D eigenvalue weighted by atomic mass is 10.2. The molecule has 1 amide bonds. The number of para-hydroxylation sites is 1. The quantitative estimate of drug-likeness (QED) is 0.611. The number of nitrogens with zero attached hydrogens (tertiary/aromatic N) is 3. The summed E-state index contributed by atoms with van der Waals surface area (Å²) in [5.41, 5.74) is 4.10. The van der Waals surface area contributed by atoms with E-state index in [1.54, 1.807) is 24.4 Å². The highest BCUT2D eigenvalue weighted by Gasteiger charge is 2.09. The van der Waals surface area contributed by atoms with Crippen LogP contribution in [-0.4, -0.2) is 24.0 Å². The molecule has 3 rings (SSSR count). The molecule has 1 aromatic heterocycles. The zero-order valence-electron chi connectivity index (χ0n) is 16.5. The number of pyridine rings is 1. The molecule has 3 aromatic rings. The second kappa shape index (κ2) is 9.38. The number of rotatable bonds is 7. The van der Waals surface area contributed by atoms with Crippen LogP contribution < -0.4 is 15.5 Å². The van der Waals surface area contributed by atoms with E-state index >= 15 is 0 Å². The van der Waals surface area contributed by atoms with Gasteiger partial charge in [-0.1, -0.05) is 12.1 Å². The van der Waals surface area contributed by atoms with E-state index in [9.17, 15) is 10.1 Å². The van der Waals surface area contributed by atoms with Crippen LogP contribution in [0.3, 0.4) is 0 Å². The van der Waals surface area contributed by atoms with Crippen molar-refractivity contribution in [1.82, 2.24) is 4.98 Å². The highest BCUT2D eigenvalue weighted by molar-refractivity contribution is 6.04. The SMILES string of the molecule is CCN(CC)c1ccc(NC(=O)c2cncc(Nc3ccccc3C#N)c2)cc1. The van der Waals surface area contributed by atoms with Crippen molar-refractivity contribution in [2.45, 2.75) is 13.8 Å². The lowest BCUT2D eigenvalue weighted by molar-refractivity contribution is 0.102. The molecule has 0 fully saturated rings. The van der Waals surface area contributed by atoms with Crippen molar-refractivity contribution in [2.24, 2.45) is 0 Å². The third kappa shape index (κ3) is 4.90. The van der Waals surface area contributed by atoms with Gasteiger partial charge >= 0.3 is 0 Å². The number of aromatic nitrogens is 1. The van der Waals surface area contributed by atoms with E-state index in [1.807, 2.05) is 36.4 Å². The molecule has 2 aromatic carbocycles. The fourth-order valence-corrected chi connectivity index (χ4v) is 3.03. The fraction of sp³-hybridized carbons (Fsp3) is 0.174. The first-order chi connectivity index (χ1) is 14.1. The predicted molar refractivity (Wildman–Crippen MR) is 117 cm³/mol. The van der Waals surface area contributed by atoms with Gasteiger partial charge in [0.05, 0.1) is 28.7 Å². The lowest BCUT2D eigenvalue weighted by Gasteiger charge is -2.21. The monoisotopic (exact) mass is 385 g/mol. The summed E-state index contributed by atoms with van der Waals surface area (Å²) in [6.45, 7) is 6.09. The van der Waals surface area contributed by atoms with E-state index in [2.05, 4.69) is 40.4 Å². The Morgan fingerprint density at radius 2 is 1.76 bits per heavy atom. The average Bonchev–Trinajstić information content (AvgIpc) is 2.76. The molecule has 0 unspecified atom stereocenters. The summed E-state index contributed by atoms with van der Waals surface area (Å²) in [5, 5.41) is 15.3. The Balaban J connectivity index is 1.72. The number of carbonyl (C=O) groups excluding carboxylic acids is 1. The molecule has 0 saturated heterocycles. The van der Waals surface area contributed by atoms with E-state index < -0.39 is 0 Å². The Morgan fingerprint density at radius 3 is 2.45 bits per heavy atom. The standard InChI is InChI=1S/C23H23N5O/c1-3-28(4-2)21-11-9-19(10-12-21)27-23(29)18-13-20(16-25-15-18)26-22-8-6-5-7-17(22)14-24/h5-13,15-16,26H,3-4H2,1-2H3,(H,27,29). The van der Waals surface area contributed by atoms with Crippen LogP contribution in [0.25, 0.3) is 0 Å². The first kappa shape index (κ1) is 19.9. The number of carbonyl (C=O) groups is 1. The van der Waals surface area contributed by atoms with Gasteiger partial charge in [0.15, 0.2) is 0 Å². The smallest absolute Gasteiger partial charge is 0.257 e. The molecule has 1 heterocycles. The minimum absolute atomic E-state index is 0.245. The van der Waals surface area contributed by atoms with E-state index in [0.29, 0.717) is 22.5 Å². The maximum absolute atomic E-state index is 12.6. The van der Waals surface area contributed by atoms with Gasteiger partial charge in [0.1, 0.15) is 6.07 Å². The number of nitriles is 1. The van der Waals surface area contributed by atoms with Crippen LogP contribution in [-0.2, 0) is 0 Å². The Morgan fingerprint density at radius 1 is 1.03 bits per heavy atom. The highest BCUT2D eigenvalue weighted by Crippen LogP contribution is 2.21. The minimum Gasteiger partial charge on any atom is -0.372 e. The normalized spacial score (nSPS) is 10.1. The molecule has 0 aliphatic heterocycles. The highest BCUT2D eigenvalue weighted by atomic mass is 16.1. The van der Waals surface area contributed by atoms with Crippen molar-refractivity contribution in [3.63, 3.8) is 0 Å². The molecule has 0 atom stereocenters. The Bertz CT molecular complexity index is 1020. The van der Waals surface area contributed by atoms with E-state index in [4.69, 9.17) is 0 Å². The summed E-state index contributed by atoms with van der Waals surface area (Å²) in [5.74, 6) is -0.245. The van der Waals surface area contributed by atoms with Crippen molar-refractivity contribution >= 4 is 28.7 Å². The number of anilines is 4. The average molecular weight is 385 g/mol. The van der Waals surface area contributed by atoms with Gasteiger partial charge in [0.25, 0.3) is 5.91 Å². The first-order valence-corrected chi connectivity index (χ1v) is 9.52. The number of hydrogen-bond acceptors (Lipinski definition) is 5. The maximum Gasteiger partial charge on any atom is 0.257 e. The summed E-state index contributed by atoms with van der Waals surface area (Å²) in [6, 6.07) is 18.8. The number of amides is 1. The molecular formula is C23H23N5O. The first-order valence-electron chi connectivity index (χ1n) is 9.52. The van der Waals surface area contributed by atoms with Crippen LogP contribution in [0.4, 0.5) is 22.7 Å². The van der Waals surface area contributed by atoms with Crippen LogP contribution in [0.1, 0.15) is 29.8 Å². The van der Waals surface area contributed by atoms with Crippen molar-refractivity contribution in [3.05, 3.63) is 78.1 Å². The number of hydrogen-bond donors (Lipinski definition) is 2. The van der Waals surface area contributed by atoms with Gasteiger partial charge in [-0.3, -0.25) is 9.78 Å². The molecule has 0 radical (unpaired) electrons. The zero-order valence-corrected chi connectivity index (χ0v) is 16.5. The zero-order chi connectivity index (χ0) is 20.6. The number of nitrogens with one attached hydrogen (secondary N) is 2. The summed E-state index contributed by atoms with van der Waals surface area (Å²) in [7, 11) is 0. The van der Waals surface area contributed by atoms with Crippen LogP contribution in [0.5, 0.6) is 0 Å². The van der Waals surface area contributed by atoms with Gasteiger partial charge in [-0.2, -0.15) is 5.26 Å². The lowest BCUT2D eigenvalue weighted by Crippen LogP contribution is -2.21. The van der Waals surface area contributed by atoms with Gasteiger partial charge in [0, 0.05) is 30.7 Å². The van der Waals surface area contributed by atoms with Crippen molar-refractivity contribution in [1.29, 1.82) is 5.26 Å². The summed E-state index contributed by atoms with van der Waals surface area (Å²) in [6.07, 6.45) is 3.13. The van der Waals surface area contributed by atoms with Crippen molar-refractivity contribution in [2.75, 3.05) is 28.6 Å². The molecule has 0 saturated carbocycles. The third-order valence-corrected chi connectivity index (χ3v) is 4.58. The van der Waals surface area contributed by atoms with E-state index in [1.165, 1.54) is 6.20 Å². The second-order valence-electron chi connectivity index (χ2n) is 6.42. The molecule has 0 spiro atoms. The minimum atomic E-state index is -0.245. The van der Waals surface area contributed by atoms with E-state index in [0.717, 1.165) is 24.5 Å². The summed E-state index contributed by atoms with van der Waals surface area (Å²) >= 11 is 0. The van der Waals surface area contributed by atoms with Crippen molar-refractivity contribution < 1.29 is 4.79 Å². The molecular weight excluding hydrogens is 362 g/mol. The van der Waals surface area contributed by atoms with Crippen molar-refractivity contribution in [3.8, 4) is 6.07 Å². The molecule has 146 valence electrons. The summed E-state index contributed by atoms with van der Waals surface area (Å²) in [4.78, 5) is 19.0. The summed E-state index contributed by atoms with van der Waals surface area (Å²) < 4.78 is 0. The largest absolute Gasteiger partial charge is 0.372 e. The van der Waals surface area contributed by atoms with Crippen LogP contribution in [0.2, 0.25) is 0 Å². The van der Waals surface area contributed by atoms with Gasteiger partial charge in [0.2, 0.25) is 0 Å². The number of benzene rings is 2. The second-order valence-corrected chi connectivity index (χ2v) is 6.42.